The molecule has 1 aliphatic carbocycles. The third-order valence-electron chi connectivity index (χ3n) is 8.83. The largest absolute Gasteiger partial charge is 0.384 e. The monoisotopic (exact) mass is 567 g/mol. The molecule has 0 unspecified atom stereocenters. The van der Waals surface area contributed by atoms with E-state index in [1.54, 1.807) is 25.1 Å². The molecule has 7 rings (SSSR count). The quantitative estimate of drug-likeness (QED) is 0.266. The van der Waals surface area contributed by atoms with Crippen molar-refractivity contribution in [2.45, 2.75) is 70.6 Å². The third-order valence-corrected chi connectivity index (χ3v) is 8.83. The fraction of sp³-hybridized carbons (Fsp3) is 0.375. The summed E-state index contributed by atoms with van der Waals surface area (Å²) in [6.45, 7) is 3.72. The summed E-state index contributed by atoms with van der Waals surface area (Å²) in [5.41, 5.74) is 1.08. The van der Waals surface area contributed by atoms with E-state index in [0.29, 0.717) is 42.0 Å². The minimum absolute atomic E-state index is 0.249. The highest BCUT2D eigenvalue weighted by atomic mass is 19.1. The summed E-state index contributed by atoms with van der Waals surface area (Å²) >= 11 is 0. The van der Waals surface area contributed by atoms with Crippen LogP contribution in [0, 0.1) is 5.92 Å². The Balaban J connectivity index is 1.27. The third kappa shape index (κ3) is 4.69. The van der Waals surface area contributed by atoms with Gasteiger partial charge >= 0.3 is 0 Å². The van der Waals surface area contributed by atoms with Gasteiger partial charge in [0.25, 0.3) is 5.56 Å². The maximum Gasteiger partial charge on any atom is 0.278 e. The summed E-state index contributed by atoms with van der Waals surface area (Å²) in [7, 11) is 0. The number of benzene rings is 1. The van der Waals surface area contributed by atoms with Crippen LogP contribution in [0.1, 0.15) is 64.1 Å². The van der Waals surface area contributed by atoms with Crippen molar-refractivity contribution in [3.05, 3.63) is 82.8 Å². The summed E-state index contributed by atoms with van der Waals surface area (Å²) in [6, 6.07) is 14.1. The van der Waals surface area contributed by atoms with E-state index >= 15 is 0 Å². The van der Waals surface area contributed by atoms with E-state index < -0.39 is 17.0 Å². The van der Waals surface area contributed by atoms with E-state index in [2.05, 4.69) is 51.2 Å². The van der Waals surface area contributed by atoms with Gasteiger partial charge in [0.15, 0.2) is 11.5 Å². The summed E-state index contributed by atoms with van der Waals surface area (Å²) < 4.78 is 20.2. The van der Waals surface area contributed by atoms with Crippen LogP contribution in [0.5, 0.6) is 0 Å². The maximum atomic E-state index is 15.0. The number of aliphatic hydroxyl groups is 1. The smallest absolute Gasteiger partial charge is 0.278 e. The molecule has 9 nitrogen and oxygen atoms in total. The van der Waals surface area contributed by atoms with E-state index in [9.17, 15) is 14.3 Å². The molecule has 0 spiro atoms. The molecule has 42 heavy (non-hydrogen) atoms. The number of hydrogen-bond acceptors (Lipinski definition) is 6. The van der Waals surface area contributed by atoms with Gasteiger partial charge in [0, 0.05) is 35.0 Å². The lowest BCUT2D eigenvalue weighted by atomic mass is 9.87. The molecule has 4 aromatic heterocycles. The van der Waals surface area contributed by atoms with Gasteiger partial charge in [0.1, 0.15) is 16.8 Å². The molecule has 2 aliphatic rings. The zero-order chi connectivity index (χ0) is 29.0. The number of hydrogen-bond donors (Lipinski definition) is 2. The van der Waals surface area contributed by atoms with Crippen molar-refractivity contribution in [3.8, 4) is 5.82 Å². The Morgan fingerprint density at radius 3 is 2.76 bits per heavy atom. The first-order valence-corrected chi connectivity index (χ1v) is 14.7. The molecular weight excluding hydrogens is 533 g/mol. The first-order chi connectivity index (χ1) is 20.3. The van der Waals surface area contributed by atoms with E-state index in [1.807, 2.05) is 6.07 Å². The molecule has 1 aromatic carbocycles. The van der Waals surface area contributed by atoms with Crippen LogP contribution in [-0.2, 0) is 12.1 Å². The molecule has 2 bridgehead atoms. The first-order valence-electron chi connectivity index (χ1n) is 14.7. The highest BCUT2D eigenvalue weighted by Crippen LogP contribution is 2.35. The standard InChI is InChI=1S/C32H34FN7O2/c1-20-8-11-24(12-9-20)38-16-14-21-17-23(10-13-26(21)38)35-31-34-18-25-29(37-31)40-28-7-3-6-27(36-28)32(2,42)15-4-5-22(33)19-39(40)30(25)41/h3,5-7,10,13-14,16-18,20,24,42H,4,8-9,11-12,15,19H2,1-2H3,(H,34,35,37)/b22-5+/t20?,24?,32-/m1/s1. The molecule has 5 aromatic rings. The van der Waals surface area contributed by atoms with Crippen molar-refractivity contribution < 1.29 is 9.50 Å². The van der Waals surface area contributed by atoms with E-state index in [4.69, 9.17) is 4.98 Å². The molecule has 0 radical (unpaired) electrons. The minimum Gasteiger partial charge on any atom is -0.384 e. The van der Waals surface area contributed by atoms with Crippen molar-refractivity contribution in [2.24, 2.45) is 5.92 Å². The molecule has 1 fully saturated rings. The normalized spacial score (nSPS) is 24.1. The van der Waals surface area contributed by atoms with Crippen LogP contribution in [0.25, 0.3) is 27.8 Å². The lowest BCUT2D eigenvalue weighted by molar-refractivity contribution is 0.0442. The SMILES string of the molecule is CC1CCC(n2ccc3cc(Nc4ncc5c(=O)n6n(c5n4)-c4cccc(n4)[C@](C)(O)CC/C=C(/F)C6)ccc32)CC1. The van der Waals surface area contributed by atoms with Gasteiger partial charge < -0.3 is 15.0 Å². The molecule has 0 amide bonds. The lowest BCUT2D eigenvalue weighted by Crippen LogP contribution is -2.25. The van der Waals surface area contributed by atoms with E-state index in [-0.39, 0.29) is 11.9 Å². The first kappa shape index (κ1) is 26.6. The van der Waals surface area contributed by atoms with Crippen LogP contribution < -0.4 is 10.9 Å². The van der Waals surface area contributed by atoms with Crippen LogP contribution in [0.15, 0.2) is 71.6 Å². The number of anilines is 2. The predicted octanol–water partition coefficient (Wildman–Crippen LogP) is 6.28. The zero-order valence-corrected chi connectivity index (χ0v) is 23.8. The van der Waals surface area contributed by atoms with Crippen LogP contribution >= 0.6 is 0 Å². The molecule has 1 saturated carbocycles. The average molecular weight is 568 g/mol. The van der Waals surface area contributed by atoms with Gasteiger partial charge in [-0.25, -0.2) is 23.7 Å². The Kier molecular flexibility index (Phi) is 6.46. The number of nitrogens with one attached hydrogen (secondary N) is 1. The van der Waals surface area contributed by atoms with Crippen molar-refractivity contribution in [3.63, 3.8) is 0 Å². The summed E-state index contributed by atoms with van der Waals surface area (Å²) in [5, 5.41) is 15.7. The number of pyridine rings is 1. The second kappa shape index (κ2) is 10.2. The number of fused-ring (bicyclic) bond motifs is 7. The number of rotatable bonds is 3. The number of halogens is 1. The van der Waals surface area contributed by atoms with Gasteiger partial charge in [0.2, 0.25) is 5.95 Å². The average Bonchev–Trinajstić information content (AvgIpc) is 3.51. The molecule has 10 heteroatoms. The van der Waals surface area contributed by atoms with Gasteiger partial charge in [-0.15, -0.1) is 0 Å². The molecule has 1 atom stereocenters. The highest BCUT2D eigenvalue weighted by molar-refractivity contribution is 5.85. The summed E-state index contributed by atoms with van der Waals surface area (Å²) in [4.78, 5) is 27.2. The second-order valence-electron chi connectivity index (χ2n) is 12.0. The van der Waals surface area contributed by atoms with Gasteiger partial charge in [-0.1, -0.05) is 19.1 Å². The van der Waals surface area contributed by atoms with Crippen LogP contribution in [-0.4, -0.2) is 34.0 Å². The Bertz CT molecular complexity index is 1890. The minimum atomic E-state index is -1.26. The highest BCUT2D eigenvalue weighted by Gasteiger charge is 2.27. The summed E-state index contributed by atoms with van der Waals surface area (Å²) in [5.74, 6) is 0.994. The van der Waals surface area contributed by atoms with Gasteiger partial charge in [-0.2, -0.15) is 4.98 Å². The van der Waals surface area contributed by atoms with Crippen LogP contribution in [0.3, 0.4) is 0 Å². The maximum absolute atomic E-state index is 15.0. The van der Waals surface area contributed by atoms with Crippen LogP contribution in [0.4, 0.5) is 16.0 Å². The fourth-order valence-electron chi connectivity index (χ4n) is 6.36. The zero-order valence-electron chi connectivity index (χ0n) is 23.8. The summed E-state index contributed by atoms with van der Waals surface area (Å²) in [6.07, 6.45) is 10.6. The number of aromatic nitrogens is 6. The van der Waals surface area contributed by atoms with E-state index in [1.165, 1.54) is 52.8 Å². The Morgan fingerprint density at radius 1 is 1.10 bits per heavy atom. The van der Waals surface area contributed by atoms with E-state index in [0.717, 1.165) is 17.0 Å². The molecule has 5 heterocycles. The van der Waals surface area contributed by atoms with Crippen molar-refractivity contribution in [1.29, 1.82) is 0 Å². The Morgan fingerprint density at radius 2 is 1.93 bits per heavy atom. The van der Waals surface area contributed by atoms with Crippen molar-refractivity contribution >= 4 is 33.6 Å². The number of allylic oxidation sites excluding steroid dienone is 2. The van der Waals surface area contributed by atoms with Gasteiger partial charge in [0.05, 0.1) is 12.2 Å². The molecule has 2 N–H and O–H groups in total. The van der Waals surface area contributed by atoms with Gasteiger partial charge in [-0.05, 0) is 87.8 Å². The van der Waals surface area contributed by atoms with Crippen molar-refractivity contribution in [1.82, 2.24) is 28.9 Å². The fourth-order valence-corrected chi connectivity index (χ4v) is 6.36. The Hall–Kier alpha value is -4.31. The number of nitrogens with zero attached hydrogens (tertiary/aromatic N) is 6. The molecule has 0 saturated heterocycles. The Labute approximate surface area is 242 Å². The molecular formula is C32H34FN7O2. The second-order valence-corrected chi connectivity index (χ2v) is 12.0. The van der Waals surface area contributed by atoms with Gasteiger partial charge in [-0.3, -0.25) is 4.79 Å². The molecule has 216 valence electrons. The van der Waals surface area contributed by atoms with Crippen LogP contribution in [0.2, 0.25) is 0 Å². The lowest BCUT2D eigenvalue weighted by Gasteiger charge is -2.28. The van der Waals surface area contributed by atoms with Crippen molar-refractivity contribution in [2.75, 3.05) is 5.32 Å². The molecule has 1 aliphatic heterocycles. The topological polar surface area (TPSA) is 103 Å². The predicted molar refractivity (Wildman–Crippen MR) is 161 cm³/mol.